The molecule has 4 nitrogen and oxygen atoms in total. The van der Waals surface area contributed by atoms with Gasteiger partial charge in [-0.2, -0.15) is 0 Å². The molecule has 0 amide bonds. The standard InChI is InChI=1S/C6H6ClNO3/c1-10-6(9)4-3-8-5(2-7)11-4/h3H,2H2,1H3. The Morgan fingerprint density at radius 3 is 3.09 bits per heavy atom. The maximum Gasteiger partial charge on any atom is 0.375 e. The van der Waals surface area contributed by atoms with E-state index in [4.69, 9.17) is 16.0 Å². The van der Waals surface area contributed by atoms with Crippen molar-refractivity contribution in [1.29, 1.82) is 0 Å². The Morgan fingerprint density at radius 2 is 2.64 bits per heavy atom. The molecule has 1 heterocycles. The van der Waals surface area contributed by atoms with E-state index >= 15 is 0 Å². The van der Waals surface area contributed by atoms with Crippen LogP contribution in [-0.4, -0.2) is 18.1 Å². The number of alkyl halides is 1. The van der Waals surface area contributed by atoms with Crippen molar-refractivity contribution in [3.05, 3.63) is 17.8 Å². The Balaban J connectivity index is 2.80. The summed E-state index contributed by atoms with van der Waals surface area (Å²) < 4.78 is 9.25. The van der Waals surface area contributed by atoms with Gasteiger partial charge in [-0.05, 0) is 0 Å². The normalized spacial score (nSPS) is 9.64. The lowest BCUT2D eigenvalue weighted by Crippen LogP contribution is -1.98. The van der Waals surface area contributed by atoms with E-state index in [2.05, 4.69) is 9.72 Å². The van der Waals surface area contributed by atoms with Crippen LogP contribution in [0.2, 0.25) is 0 Å². The van der Waals surface area contributed by atoms with E-state index in [0.717, 1.165) is 0 Å². The third-order valence-corrected chi connectivity index (χ3v) is 1.28. The number of methoxy groups -OCH3 is 1. The van der Waals surface area contributed by atoms with Crippen molar-refractivity contribution in [2.45, 2.75) is 5.88 Å². The van der Waals surface area contributed by atoms with Crippen molar-refractivity contribution in [2.75, 3.05) is 7.11 Å². The van der Waals surface area contributed by atoms with Gasteiger partial charge in [-0.25, -0.2) is 9.78 Å². The van der Waals surface area contributed by atoms with E-state index < -0.39 is 5.97 Å². The number of aromatic nitrogens is 1. The van der Waals surface area contributed by atoms with Gasteiger partial charge in [0.2, 0.25) is 11.7 Å². The van der Waals surface area contributed by atoms with E-state index in [0.29, 0.717) is 5.89 Å². The highest BCUT2D eigenvalue weighted by molar-refractivity contribution is 6.16. The molecule has 0 aliphatic heterocycles. The molecule has 1 aromatic rings. The lowest BCUT2D eigenvalue weighted by Gasteiger charge is -1.90. The van der Waals surface area contributed by atoms with Crippen LogP contribution in [-0.2, 0) is 10.6 Å². The van der Waals surface area contributed by atoms with Crippen molar-refractivity contribution < 1.29 is 13.9 Å². The first-order chi connectivity index (χ1) is 5.27. The van der Waals surface area contributed by atoms with Crippen LogP contribution in [0, 0.1) is 0 Å². The fraction of sp³-hybridized carbons (Fsp3) is 0.333. The molecule has 60 valence electrons. The monoisotopic (exact) mass is 175 g/mol. The number of oxazole rings is 1. The number of rotatable bonds is 2. The topological polar surface area (TPSA) is 52.3 Å². The van der Waals surface area contributed by atoms with Gasteiger partial charge in [-0.1, -0.05) is 0 Å². The molecular formula is C6H6ClNO3. The summed E-state index contributed by atoms with van der Waals surface area (Å²) in [6, 6.07) is 0. The zero-order valence-electron chi connectivity index (χ0n) is 5.83. The van der Waals surface area contributed by atoms with E-state index in [1.807, 2.05) is 0 Å². The summed E-state index contributed by atoms with van der Waals surface area (Å²) in [7, 11) is 1.27. The van der Waals surface area contributed by atoms with Crippen LogP contribution in [0.25, 0.3) is 0 Å². The Kier molecular flexibility index (Phi) is 2.48. The number of ether oxygens (including phenoxy) is 1. The molecule has 0 aromatic carbocycles. The Hall–Kier alpha value is -1.03. The predicted molar refractivity (Wildman–Crippen MR) is 37.4 cm³/mol. The molecule has 1 rings (SSSR count). The molecule has 0 saturated heterocycles. The van der Waals surface area contributed by atoms with Crippen LogP contribution in [0.1, 0.15) is 16.4 Å². The summed E-state index contributed by atoms with van der Waals surface area (Å²) in [5, 5.41) is 0. The molecule has 0 unspecified atom stereocenters. The number of hydrogen-bond acceptors (Lipinski definition) is 4. The van der Waals surface area contributed by atoms with Gasteiger partial charge >= 0.3 is 5.97 Å². The van der Waals surface area contributed by atoms with Gasteiger partial charge in [-0.15, -0.1) is 11.6 Å². The molecule has 0 aliphatic rings. The number of hydrogen-bond donors (Lipinski definition) is 0. The quantitative estimate of drug-likeness (QED) is 0.501. The summed E-state index contributed by atoms with van der Waals surface area (Å²) in [5.41, 5.74) is 0. The molecular weight excluding hydrogens is 170 g/mol. The Bertz CT molecular complexity index is 258. The molecule has 0 saturated carbocycles. The van der Waals surface area contributed by atoms with Gasteiger partial charge < -0.3 is 9.15 Å². The molecule has 11 heavy (non-hydrogen) atoms. The molecule has 5 heteroatoms. The zero-order valence-corrected chi connectivity index (χ0v) is 6.59. The third kappa shape index (κ3) is 1.71. The predicted octanol–water partition coefficient (Wildman–Crippen LogP) is 1.20. The lowest BCUT2D eigenvalue weighted by molar-refractivity contribution is 0.0563. The Morgan fingerprint density at radius 1 is 1.91 bits per heavy atom. The van der Waals surface area contributed by atoms with Crippen LogP contribution in [0.4, 0.5) is 0 Å². The lowest BCUT2D eigenvalue weighted by atomic mass is 10.5. The van der Waals surface area contributed by atoms with Crippen LogP contribution < -0.4 is 0 Å². The van der Waals surface area contributed by atoms with Crippen molar-refractivity contribution in [3.63, 3.8) is 0 Å². The highest BCUT2D eigenvalue weighted by Gasteiger charge is 2.11. The second kappa shape index (κ2) is 3.39. The number of esters is 1. The molecule has 0 bridgehead atoms. The van der Waals surface area contributed by atoms with Crippen molar-refractivity contribution in [2.24, 2.45) is 0 Å². The van der Waals surface area contributed by atoms with Crippen LogP contribution in [0.5, 0.6) is 0 Å². The van der Waals surface area contributed by atoms with Gasteiger partial charge in [0.15, 0.2) is 0 Å². The smallest absolute Gasteiger partial charge is 0.375 e. The van der Waals surface area contributed by atoms with Gasteiger partial charge in [0.25, 0.3) is 0 Å². The fourth-order valence-corrected chi connectivity index (χ4v) is 0.691. The second-order valence-electron chi connectivity index (χ2n) is 1.74. The van der Waals surface area contributed by atoms with E-state index in [1.165, 1.54) is 13.3 Å². The maximum atomic E-state index is 10.7. The number of carbonyl (C=O) groups excluding carboxylic acids is 1. The van der Waals surface area contributed by atoms with Gasteiger partial charge in [0.1, 0.15) is 0 Å². The minimum Gasteiger partial charge on any atom is -0.463 e. The van der Waals surface area contributed by atoms with Crippen LogP contribution >= 0.6 is 11.6 Å². The molecule has 0 atom stereocenters. The first kappa shape index (κ1) is 8.07. The minimum absolute atomic E-state index is 0.0724. The highest BCUT2D eigenvalue weighted by Crippen LogP contribution is 2.06. The maximum absolute atomic E-state index is 10.7. The van der Waals surface area contributed by atoms with Crippen LogP contribution in [0.15, 0.2) is 10.6 Å². The highest BCUT2D eigenvalue weighted by atomic mass is 35.5. The molecule has 1 aromatic heterocycles. The number of nitrogens with zero attached hydrogens (tertiary/aromatic N) is 1. The minimum atomic E-state index is -0.547. The largest absolute Gasteiger partial charge is 0.463 e. The molecule has 0 spiro atoms. The first-order valence-corrected chi connectivity index (χ1v) is 3.40. The SMILES string of the molecule is COC(=O)c1cnc(CCl)o1. The van der Waals surface area contributed by atoms with E-state index in [9.17, 15) is 4.79 Å². The summed E-state index contributed by atoms with van der Waals surface area (Å²) in [6.07, 6.45) is 1.28. The van der Waals surface area contributed by atoms with E-state index in [-0.39, 0.29) is 11.6 Å². The van der Waals surface area contributed by atoms with Gasteiger partial charge in [0, 0.05) is 0 Å². The summed E-state index contributed by atoms with van der Waals surface area (Å²) in [4.78, 5) is 14.4. The molecule has 0 fully saturated rings. The molecule has 0 N–H and O–H groups in total. The summed E-state index contributed by atoms with van der Waals surface area (Å²) >= 11 is 5.38. The molecule has 0 radical (unpaired) electrons. The first-order valence-electron chi connectivity index (χ1n) is 2.87. The number of carbonyl (C=O) groups is 1. The Labute approximate surface area is 68.1 Å². The average molecular weight is 176 g/mol. The second-order valence-corrected chi connectivity index (χ2v) is 2.01. The fourth-order valence-electron chi connectivity index (χ4n) is 0.567. The summed E-state index contributed by atoms with van der Waals surface area (Å²) in [5.74, 6) is -0.0131. The number of halogens is 1. The molecule has 0 aliphatic carbocycles. The average Bonchev–Trinajstić information content (AvgIpc) is 2.50. The van der Waals surface area contributed by atoms with Gasteiger partial charge in [0.05, 0.1) is 19.2 Å². The summed E-state index contributed by atoms with van der Waals surface area (Å²) in [6.45, 7) is 0. The van der Waals surface area contributed by atoms with Crippen molar-refractivity contribution in [3.8, 4) is 0 Å². The van der Waals surface area contributed by atoms with E-state index in [1.54, 1.807) is 0 Å². The van der Waals surface area contributed by atoms with Crippen molar-refractivity contribution >= 4 is 17.6 Å². The zero-order chi connectivity index (χ0) is 8.27. The third-order valence-electron chi connectivity index (χ3n) is 1.05. The van der Waals surface area contributed by atoms with Gasteiger partial charge in [-0.3, -0.25) is 0 Å². The van der Waals surface area contributed by atoms with Crippen LogP contribution in [0.3, 0.4) is 0 Å². The van der Waals surface area contributed by atoms with Crippen molar-refractivity contribution in [1.82, 2.24) is 4.98 Å².